The van der Waals surface area contributed by atoms with Crippen LogP contribution in [-0.2, 0) is 21.2 Å². The Morgan fingerprint density at radius 2 is 1.93 bits per heavy atom. The van der Waals surface area contributed by atoms with E-state index < -0.39 is 9.84 Å². The number of benzene rings is 2. The number of hydrogen-bond acceptors (Lipinski definition) is 6. The first kappa shape index (κ1) is 18.4. The maximum Gasteiger partial charge on any atom is 0.228 e. The first-order chi connectivity index (χ1) is 13.3. The summed E-state index contributed by atoms with van der Waals surface area (Å²) in [5.41, 5.74) is 2.44. The van der Waals surface area contributed by atoms with Gasteiger partial charge >= 0.3 is 0 Å². The Morgan fingerprint density at radius 3 is 2.71 bits per heavy atom. The number of aromatic nitrogens is 2. The van der Waals surface area contributed by atoms with Crippen LogP contribution < -0.4 is 10.2 Å². The molecule has 0 saturated carbocycles. The van der Waals surface area contributed by atoms with Crippen molar-refractivity contribution in [1.82, 2.24) is 9.97 Å². The molecule has 1 aromatic heterocycles. The predicted molar refractivity (Wildman–Crippen MR) is 108 cm³/mol. The van der Waals surface area contributed by atoms with Gasteiger partial charge in [0.05, 0.1) is 16.2 Å². The van der Waals surface area contributed by atoms with Gasteiger partial charge in [-0.1, -0.05) is 29.8 Å². The molecule has 7 nitrogen and oxygen atoms in total. The lowest BCUT2D eigenvalue weighted by molar-refractivity contribution is -0.114. The van der Waals surface area contributed by atoms with E-state index in [2.05, 4.69) is 15.3 Å². The maximum absolute atomic E-state index is 12.6. The van der Waals surface area contributed by atoms with Gasteiger partial charge in [-0.25, -0.2) is 13.4 Å². The molecule has 1 aliphatic rings. The normalized spacial score (nSPS) is 15.7. The van der Waals surface area contributed by atoms with Crippen molar-refractivity contribution in [1.29, 1.82) is 0 Å². The highest BCUT2D eigenvalue weighted by Gasteiger charge is 2.26. The SMILES string of the molecule is CC(=O)Nc1nc(N2CCS(=O)(=O)c3ccccc3C2)nc2ccc(C)cc12. The van der Waals surface area contributed by atoms with Gasteiger partial charge in [0.1, 0.15) is 5.82 Å². The number of fused-ring (bicyclic) bond motifs is 2. The topological polar surface area (TPSA) is 92.3 Å². The lowest BCUT2D eigenvalue weighted by Gasteiger charge is -2.21. The molecule has 0 aliphatic carbocycles. The van der Waals surface area contributed by atoms with E-state index in [1.165, 1.54) is 6.92 Å². The molecule has 28 heavy (non-hydrogen) atoms. The Hall–Kier alpha value is -3.00. The molecule has 4 rings (SSSR count). The van der Waals surface area contributed by atoms with Gasteiger partial charge in [-0.05, 0) is 30.7 Å². The van der Waals surface area contributed by atoms with E-state index in [0.29, 0.717) is 34.3 Å². The van der Waals surface area contributed by atoms with Crippen LogP contribution in [0.2, 0.25) is 0 Å². The Morgan fingerprint density at radius 1 is 1.14 bits per heavy atom. The molecule has 2 heterocycles. The standard InChI is InChI=1S/C20H20N4O3S/c1-13-7-8-17-16(11-13)19(21-14(2)25)23-20(22-17)24-9-10-28(26,27)18-6-4-3-5-15(18)12-24/h3-8,11H,9-10,12H2,1-2H3,(H,21,22,23,25). The van der Waals surface area contributed by atoms with Crippen molar-refractivity contribution in [3.05, 3.63) is 53.6 Å². The quantitative estimate of drug-likeness (QED) is 0.716. The number of sulfone groups is 1. The Bertz CT molecular complexity index is 1190. The average molecular weight is 396 g/mol. The summed E-state index contributed by atoms with van der Waals surface area (Å²) in [6.45, 7) is 4.04. The molecule has 144 valence electrons. The number of anilines is 2. The summed E-state index contributed by atoms with van der Waals surface area (Å²) >= 11 is 0. The van der Waals surface area contributed by atoms with Crippen molar-refractivity contribution in [2.75, 3.05) is 22.5 Å². The van der Waals surface area contributed by atoms with Crippen LogP contribution in [0.3, 0.4) is 0 Å². The molecule has 0 bridgehead atoms. The second kappa shape index (κ2) is 6.87. The fraction of sp³-hybridized carbons (Fsp3) is 0.250. The molecule has 2 aromatic carbocycles. The molecular weight excluding hydrogens is 376 g/mol. The number of amides is 1. The third-order valence-corrected chi connectivity index (χ3v) is 6.50. The van der Waals surface area contributed by atoms with Gasteiger partial charge in [-0.2, -0.15) is 4.98 Å². The Balaban J connectivity index is 1.83. The van der Waals surface area contributed by atoms with Crippen LogP contribution in [0.5, 0.6) is 0 Å². The number of nitrogens with zero attached hydrogens (tertiary/aromatic N) is 3. The summed E-state index contributed by atoms with van der Waals surface area (Å²) < 4.78 is 25.2. The van der Waals surface area contributed by atoms with Crippen LogP contribution in [0.4, 0.5) is 11.8 Å². The highest BCUT2D eigenvalue weighted by molar-refractivity contribution is 7.91. The average Bonchev–Trinajstić information content (AvgIpc) is 2.78. The fourth-order valence-electron chi connectivity index (χ4n) is 3.37. The molecule has 8 heteroatoms. The summed E-state index contributed by atoms with van der Waals surface area (Å²) in [6, 6.07) is 12.8. The number of carbonyl (C=O) groups excluding carboxylic acids is 1. The van der Waals surface area contributed by atoms with E-state index in [-0.39, 0.29) is 18.2 Å². The van der Waals surface area contributed by atoms with Gasteiger partial charge < -0.3 is 10.2 Å². The molecule has 1 amide bonds. The highest BCUT2D eigenvalue weighted by Crippen LogP contribution is 2.28. The van der Waals surface area contributed by atoms with E-state index in [0.717, 1.165) is 10.9 Å². The van der Waals surface area contributed by atoms with E-state index in [1.54, 1.807) is 12.1 Å². The molecular formula is C20H20N4O3S. The van der Waals surface area contributed by atoms with Crippen LogP contribution in [0.1, 0.15) is 18.1 Å². The van der Waals surface area contributed by atoms with Crippen LogP contribution in [0.15, 0.2) is 47.4 Å². The van der Waals surface area contributed by atoms with Crippen molar-refractivity contribution < 1.29 is 13.2 Å². The van der Waals surface area contributed by atoms with Gasteiger partial charge in [0.2, 0.25) is 11.9 Å². The molecule has 0 unspecified atom stereocenters. The zero-order valence-corrected chi connectivity index (χ0v) is 16.5. The Kier molecular flexibility index (Phi) is 4.50. The summed E-state index contributed by atoms with van der Waals surface area (Å²) in [5, 5.41) is 3.52. The molecule has 3 aromatic rings. The third-order valence-electron chi connectivity index (χ3n) is 4.72. The van der Waals surface area contributed by atoms with Gasteiger partial charge in [0.25, 0.3) is 0 Å². The zero-order chi connectivity index (χ0) is 19.9. The molecule has 0 radical (unpaired) electrons. The largest absolute Gasteiger partial charge is 0.335 e. The highest BCUT2D eigenvalue weighted by atomic mass is 32.2. The minimum Gasteiger partial charge on any atom is -0.335 e. The van der Waals surface area contributed by atoms with Crippen molar-refractivity contribution >= 4 is 38.4 Å². The molecule has 0 atom stereocenters. The first-order valence-corrected chi connectivity index (χ1v) is 10.6. The van der Waals surface area contributed by atoms with E-state index in [1.807, 2.05) is 42.2 Å². The summed E-state index contributed by atoms with van der Waals surface area (Å²) in [7, 11) is -3.36. The first-order valence-electron chi connectivity index (χ1n) is 8.95. The monoisotopic (exact) mass is 396 g/mol. The van der Waals surface area contributed by atoms with Gasteiger partial charge in [0, 0.05) is 25.4 Å². The van der Waals surface area contributed by atoms with Crippen LogP contribution in [0.25, 0.3) is 10.9 Å². The van der Waals surface area contributed by atoms with E-state index in [9.17, 15) is 13.2 Å². The van der Waals surface area contributed by atoms with Crippen molar-refractivity contribution in [2.24, 2.45) is 0 Å². The van der Waals surface area contributed by atoms with Gasteiger partial charge in [-0.3, -0.25) is 4.79 Å². The van der Waals surface area contributed by atoms with E-state index in [4.69, 9.17) is 0 Å². The lowest BCUT2D eigenvalue weighted by Crippen LogP contribution is -2.28. The summed E-state index contributed by atoms with van der Waals surface area (Å²) in [6.07, 6.45) is 0. The van der Waals surface area contributed by atoms with Gasteiger partial charge in [-0.15, -0.1) is 0 Å². The second-order valence-electron chi connectivity index (χ2n) is 6.92. The van der Waals surface area contributed by atoms with Crippen molar-refractivity contribution in [2.45, 2.75) is 25.3 Å². The van der Waals surface area contributed by atoms with Crippen LogP contribution >= 0.6 is 0 Å². The van der Waals surface area contributed by atoms with Crippen LogP contribution in [0, 0.1) is 6.92 Å². The smallest absolute Gasteiger partial charge is 0.228 e. The van der Waals surface area contributed by atoms with Gasteiger partial charge in [0.15, 0.2) is 9.84 Å². The molecule has 0 fully saturated rings. The number of aryl methyl sites for hydroxylation is 1. The minimum atomic E-state index is -3.36. The fourth-order valence-corrected chi connectivity index (χ4v) is 4.87. The number of nitrogens with one attached hydrogen (secondary N) is 1. The number of rotatable bonds is 2. The second-order valence-corrected chi connectivity index (χ2v) is 9.00. The van der Waals surface area contributed by atoms with Crippen molar-refractivity contribution in [3.8, 4) is 0 Å². The molecule has 1 aliphatic heterocycles. The zero-order valence-electron chi connectivity index (χ0n) is 15.6. The Labute approximate surface area is 163 Å². The summed E-state index contributed by atoms with van der Waals surface area (Å²) in [5.74, 6) is 0.578. The van der Waals surface area contributed by atoms with E-state index >= 15 is 0 Å². The predicted octanol–water partition coefficient (Wildman–Crippen LogP) is 2.69. The molecule has 0 spiro atoms. The third kappa shape index (κ3) is 3.43. The number of carbonyl (C=O) groups is 1. The van der Waals surface area contributed by atoms with Crippen molar-refractivity contribution in [3.63, 3.8) is 0 Å². The lowest BCUT2D eigenvalue weighted by atomic mass is 10.1. The molecule has 1 N–H and O–H groups in total. The molecule has 0 saturated heterocycles. The van der Waals surface area contributed by atoms with Crippen LogP contribution in [-0.4, -0.2) is 36.6 Å². The minimum absolute atomic E-state index is 0.0191. The maximum atomic E-state index is 12.6. The number of hydrogen-bond donors (Lipinski definition) is 1. The summed E-state index contributed by atoms with van der Waals surface area (Å²) in [4.78, 5) is 23.1.